The number of hydrogen-bond donors (Lipinski definition) is 4. The van der Waals surface area contributed by atoms with Crippen molar-refractivity contribution in [3.63, 3.8) is 0 Å². The lowest BCUT2D eigenvalue weighted by atomic mass is 10.5. The predicted molar refractivity (Wildman–Crippen MR) is 203 cm³/mol. The van der Waals surface area contributed by atoms with Gasteiger partial charge in [0.1, 0.15) is 6.79 Å². The van der Waals surface area contributed by atoms with Crippen molar-refractivity contribution in [1.29, 1.82) is 0 Å². The molecule has 0 aromatic carbocycles. The molecule has 0 heterocycles. The van der Waals surface area contributed by atoms with E-state index in [1.807, 2.05) is 58.8 Å². The number of carbonyl (C=O) groups is 2. The minimum absolute atomic E-state index is 0.657. The van der Waals surface area contributed by atoms with Crippen molar-refractivity contribution < 1.29 is 23.8 Å². The van der Waals surface area contributed by atoms with Gasteiger partial charge < -0.3 is 30.1 Å². The van der Waals surface area contributed by atoms with Crippen LogP contribution in [0.15, 0.2) is 0 Å². The zero-order chi connectivity index (χ0) is 34.9. The molecule has 0 rings (SSSR count). The van der Waals surface area contributed by atoms with E-state index in [1.165, 1.54) is 32.8 Å². The number of nitrogens with two attached hydrogens (primary N) is 1. The highest BCUT2D eigenvalue weighted by molar-refractivity contribution is 7.99. The van der Waals surface area contributed by atoms with E-state index in [9.17, 15) is 4.79 Å². The van der Waals surface area contributed by atoms with Crippen molar-refractivity contribution in [2.75, 3.05) is 89.5 Å². The molecule has 0 bridgehead atoms. The van der Waals surface area contributed by atoms with Gasteiger partial charge in [0, 0.05) is 19.1 Å². The van der Waals surface area contributed by atoms with Crippen LogP contribution >= 0.6 is 60.4 Å². The highest BCUT2D eigenvalue weighted by atomic mass is 35.5. The summed E-state index contributed by atoms with van der Waals surface area (Å²) in [5.41, 5.74) is 4.50. The Bertz CT molecular complexity index is 236. The maximum Gasteiger partial charge on any atom is 0.507 e. The fraction of sp³-hybridized carbons (Fsp3) is 0.929. The number of carbonyl (C=O) groups excluding carboxylic acids is 2. The van der Waals surface area contributed by atoms with Crippen LogP contribution in [0.3, 0.4) is 0 Å². The van der Waals surface area contributed by atoms with Crippen molar-refractivity contribution in [3.8, 4) is 0 Å². The van der Waals surface area contributed by atoms with Gasteiger partial charge in [-0.2, -0.15) is 48.8 Å². The second kappa shape index (κ2) is 154. The smallest absolute Gasteiger partial charge is 0.438 e. The molecule has 0 aliphatic rings. The number of thioether (sulfide) groups is 2. The Morgan fingerprint density at radius 2 is 1.05 bits per heavy atom. The van der Waals surface area contributed by atoms with E-state index in [-0.39, 0.29) is 0 Å². The second-order valence-corrected chi connectivity index (χ2v) is 8.55. The first-order valence-electron chi connectivity index (χ1n) is 13.7. The number of hydrogen-bond acceptors (Lipinski definition) is 11. The quantitative estimate of drug-likeness (QED) is 0.0867. The molecule has 258 valence electrons. The van der Waals surface area contributed by atoms with E-state index < -0.39 is 6.16 Å². The normalized spacial score (nSPS) is 6.70. The van der Waals surface area contributed by atoms with Crippen LogP contribution in [-0.2, 0) is 19.0 Å². The molecule has 3 N–H and O–H groups in total. The van der Waals surface area contributed by atoms with Gasteiger partial charge in [0.2, 0.25) is 0 Å². The Balaban J connectivity index is -0.0000000266. The molecule has 0 saturated heterocycles. The van der Waals surface area contributed by atoms with Crippen LogP contribution in [0, 0.1) is 0 Å². The molecule has 0 atom stereocenters. The highest BCUT2D eigenvalue weighted by Crippen LogP contribution is 1.93. The molecule has 40 heavy (non-hydrogen) atoms. The molecule has 0 aliphatic heterocycles. The van der Waals surface area contributed by atoms with Gasteiger partial charge in [0.25, 0.3) is 0 Å². The van der Waals surface area contributed by atoms with Crippen molar-refractivity contribution in [1.82, 2.24) is 5.32 Å². The highest BCUT2D eigenvalue weighted by Gasteiger charge is 1.88. The Labute approximate surface area is 278 Å². The van der Waals surface area contributed by atoms with Gasteiger partial charge in [-0.25, -0.2) is 4.79 Å². The molecule has 0 unspecified atom stereocenters. The standard InChI is InChI=1S/C6H14O.C4H11N.C4H10S.C3H6O3.C2H5Cl.2C2H6S.C2H6.CH5N.CH2O.CH4S/c1-3-5-7-6-4-2;2*1-3-5-4-2;1-5-3(4)6-2;1-2-3;1-3-2;1-2-3;4*1-2/h3-6H2,1-2H3;5H,3-4H2,1-2H3;3-4H2,1-2H3;1-2H3;2H2,1H3;1-2H3;3H,2H2,1H3;1-2H3;2H2,1H3;1H2;2H,1H3. The van der Waals surface area contributed by atoms with E-state index in [1.54, 1.807) is 18.0 Å². The fourth-order valence-corrected chi connectivity index (χ4v) is 1.34. The third kappa shape index (κ3) is 346. The first-order chi connectivity index (χ1) is 19.3. The molecule has 0 aromatic heterocycles. The first kappa shape index (κ1) is 72.6. The van der Waals surface area contributed by atoms with E-state index in [4.69, 9.17) is 21.1 Å². The van der Waals surface area contributed by atoms with Crippen LogP contribution in [-0.4, -0.2) is 102 Å². The summed E-state index contributed by atoms with van der Waals surface area (Å²) in [4.78, 5) is 17.7. The molecule has 0 saturated carbocycles. The van der Waals surface area contributed by atoms with Crippen molar-refractivity contribution in [2.45, 2.75) is 82.1 Å². The van der Waals surface area contributed by atoms with Gasteiger partial charge in [0.15, 0.2) is 0 Å². The summed E-state index contributed by atoms with van der Waals surface area (Å²) in [6.07, 6.45) is 7.40. The second-order valence-electron chi connectivity index (χ2n) is 5.00. The largest absolute Gasteiger partial charge is 0.507 e. The summed E-state index contributed by atoms with van der Waals surface area (Å²) in [6.45, 7) is 26.7. The van der Waals surface area contributed by atoms with Crippen LogP contribution in [0.5, 0.6) is 0 Å². The fourth-order valence-electron chi connectivity index (χ4n) is 0.928. The van der Waals surface area contributed by atoms with Crippen molar-refractivity contribution in [2.24, 2.45) is 5.73 Å². The van der Waals surface area contributed by atoms with Crippen molar-refractivity contribution in [3.05, 3.63) is 0 Å². The number of thiol groups is 2. The number of nitrogens with one attached hydrogen (secondary N) is 1. The zero-order valence-electron chi connectivity index (χ0n) is 29.5. The van der Waals surface area contributed by atoms with E-state index in [0.29, 0.717) is 0 Å². The van der Waals surface area contributed by atoms with Crippen LogP contribution in [0.1, 0.15) is 82.1 Å². The van der Waals surface area contributed by atoms with Crippen molar-refractivity contribution >= 4 is 73.3 Å². The molecular weight excluding hydrogens is 608 g/mol. The van der Waals surface area contributed by atoms with E-state index >= 15 is 0 Å². The van der Waals surface area contributed by atoms with Crippen LogP contribution < -0.4 is 11.1 Å². The van der Waals surface area contributed by atoms with Crippen LogP contribution in [0.2, 0.25) is 0 Å². The Kier molecular flexibility index (Phi) is 279. The van der Waals surface area contributed by atoms with Gasteiger partial charge in [-0.05, 0) is 69.0 Å². The molecule has 0 aliphatic carbocycles. The molecule has 0 spiro atoms. The topological polar surface area (TPSA) is 99.9 Å². The first-order valence-corrected chi connectivity index (χ1v) is 18.5. The van der Waals surface area contributed by atoms with Gasteiger partial charge in [-0.1, -0.05) is 69.2 Å². The summed E-state index contributed by atoms with van der Waals surface area (Å²) < 4.78 is 13.2. The van der Waals surface area contributed by atoms with Gasteiger partial charge >= 0.3 is 6.16 Å². The third-order valence-electron chi connectivity index (χ3n) is 1.94. The van der Waals surface area contributed by atoms with E-state index in [2.05, 4.69) is 87.3 Å². The molecular formula is C28H75ClN2O5S4. The van der Waals surface area contributed by atoms with E-state index in [0.717, 1.165) is 50.8 Å². The third-order valence-corrected chi connectivity index (χ3v) is 2.76. The monoisotopic (exact) mass is 682 g/mol. The summed E-state index contributed by atoms with van der Waals surface area (Å²) >= 11 is 16.0. The maximum atomic E-state index is 9.74. The summed E-state index contributed by atoms with van der Waals surface area (Å²) in [5, 5.41) is 3.11. The molecule has 0 fully saturated rings. The molecule has 0 radical (unpaired) electrons. The maximum absolute atomic E-state index is 9.74. The lowest BCUT2D eigenvalue weighted by Crippen LogP contribution is -2.09. The Hall–Kier alpha value is 0.510. The lowest BCUT2D eigenvalue weighted by molar-refractivity contribution is -0.0980. The summed E-state index contributed by atoms with van der Waals surface area (Å²) in [5.74, 6) is 4.19. The van der Waals surface area contributed by atoms with Crippen LogP contribution in [0.25, 0.3) is 0 Å². The minimum atomic E-state index is -0.657. The average molecular weight is 684 g/mol. The van der Waals surface area contributed by atoms with Crippen LogP contribution in [0.4, 0.5) is 4.79 Å². The number of ether oxygens (including phenoxy) is 3. The molecule has 0 aromatic rings. The SMILES string of the molecule is C=O.CC.CCCOCCC.CCCl.CCNCC.CCS.CCSCC.CN.COC(=O)OC.CS.CSC. The van der Waals surface area contributed by atoms with Gasteiger partial charge in [-0.15, -0.1) is 11.6 Å². The molecule has 0 amide bonds. The minimum Gasteiger partial charge on any atom is -0.438 e. The average Bonchev–Trinajstić information content (AvgIpc) is 3.00. The number of rotatable bonds is 8. The molecule has 7 nitrogen and oxygen atoms in total. The zero-order valence-corrected chi connectivity index (χ0v) is 33.7. The van der Waals surface area contributed by atoms with Gasteiger partial charge in [-0.3, -0.25) is 0 Å². The summed E-state index contributed by atoms with van der Waals surface area (Å²) in [7, 11) is 4.01. The summed E-state index contributed by atoms with van der Waals surface area (Å²) in [6, 6.07) is 0. The Morgan fingerprint density at radius 1 is 0.825 bits per heavy atom. The Morgan fingerprint density at radius 3 is 1.10 bits per heavy atom. The predicted octanol–water partition coefficient (Wildman–Crippen LogP) is 8.72. The molecule has 12 heteroatoms. The number of methoxy groups -OCH3 is 2. The van der Waals surface area contributed by atoms with Gasteiger partial charge in [0.05, 0.1) is 14.2 Å². The number of alkyl halides is 1. The lowest BCUT2D eigenvalue weighted by Gasteiger charge is -1.95. The number of halogens is 1.